The fourth-order valence-electron chi connectivity index (χ4n) is 1.97. The van der Waals surface area contributed by atoms with Crippen molar-refractivity contribution in [1.82, 2.24) is 10.3 Å². The average molecular weight is 300 g/mol. The predicted molar refractivity (Wildman–Crippen MR) is 81.2 cm³/mol. The minimum Gasteiger partial charge on any atom is -0.369 e. The largest absolute Gasteiger partial charge is 0.369 e. The van der Waals surface area contributed by atoms with Gasteiger partial charge in [-0.3, -0.25) is 4.79 Å². The van der Waals surface area contributed by atoms with E-state index in [1.807, 2.05) is 18.7 Å². The number of rotatable bonds is 4. The first-order chi connectivity index (χ1) is 9.20. The molecule has 0 bridgehead atoms. The summed E-state index contributed by atoms with van der Waals surface area (Å²) in [4.78, 5) is 16.3. The van der Waals surface area contributed by atoms with Crippen molar-refractivity contribution in [3.63, 3.8) is 0 Å². The van der Waals surface area contributed by atoms with Crippen LogP contribution in [0.4, 0.5) is 5.82 Å². The van der Waals surface area contributed by atoms with Gasteiger partial charge in [-0.2, -0.15) is 11.8 Å². The van der Waals surface area contributed by atoms with Gasteiger partial charge in [-0.05, 0) is 37.3 Å². The van der Waals surface area contributed by atoms with Gasteiger partial charge in [0, 0.05) is 18.8 Å². The Balaban J connectivity index is 2.00. The molecule has 1 fully saturated rings. The van der Waals surface area contributed by atoms with Gasteiger partial charge in [-0.1, -0.05) is 11.6 Å². The zero-order valence-corrected chi connectivity index (χ0v) is 12.5. The van der Waals surface area contributed by atoms with Crippen molar-refractivity contribution in [2.24, 2.45) is 0 Å². The molecule has 1 saturated heterocycles. The molecule has 19 heavy (non-hydrogen) atoms. The minimum atomic E-state index is -0.0886. The second-order valence-electron chi connectivity index (χ2n) is 4.44. The molecule has 1 aromatic heterocycles. The van der Waals surface area contributed by atoms with E-state index in [4.69, 9.17) is 11.6 Å². The van der Waals surface area contributed by atoms with Crippen molar-refractivity contribution < 1.29 is 4.79 Å². The summed E-state index contributed by atoms with van der Waals surface area (Å²) in [6.45, 7) is 2.72. The molecular formula is C13H18ClN3OS. The Morgan fingerprint density at radius 3 is 2.89 bits per heavy atom. The summed E-state index contributed by atoms with van der Waals surface area (Å²) in [6, 6.07) is 1.94. The van der Waals surface area contributed by atoms with Crippen LogP contribution in [0.25, 0.3) is 0 Å². The van der Waals surface area contributed by atoms with Crippen LogP contribution >= 0.6 is 23.4 Å². The zero-order chi connectivity index (χ0) is 13.7. The Bertz CT molecular complexity index is 450. The third-order valence-corrected chi connectivity index (χ3v) is 4.34. The van der Waals surface area contributed by atoms with E-state index < -0.39 is 0 Å². The average Bonchev–Trinajstić information content (AvgIpc) is 2.42. The van der Waals surface area contributed by atoms with E-state index in [2.05, 4.69) is 15.6 Å². The lowest BCUT2D eigenvalue weighted by Crippen LogP contribution is -2.37. The monoisotopic (exact) mass is 299 g/mol. The van der Waals surface area contributed by atoms with Gasteiger partial charge < -0.3 is 10.6 Å². The summed E-state index contributed by atoms with van der Waals surface area (Å²) in [6.07, 6.45) is 3.64. The van der Waals surface area contributed by atoms with Crippen molar-refractivity contribution in [2.45, 2.75) is 25.8 Å². The van der Waals surface area contributed by atoms with E-state index in [0.29, 0.717) is 16.4 Å². The third-order valence-electron chi connectivity index (χ3n) is 3.00. The SMILES string of the molecule is CCNc1ncc(C(=O)NC2CCSCC2)cc1Cl. The van der Waals surface area contributed by atoms with E-state index in [0.717, 1.165) is 30.9 Å². The molecule has 104 valence electrons. The molecule has 1 aliphatic heterocycles. The number of aromatic nitrogens is 1. The first-order valence-corrected chi connectivity index (χ1v) is 8.02. The maximum atomic E-state index is 12.1. The van der Waals surface area contributed by atoms with E-state index in [9.17, 15) is 4.79 Å². The van der Waals surface area contributed by atoms with E-state index in [1.54, 1.807) is 12.3 Å². The number of thioether (sulfide) groups is 1. The number of halogens is 1. The van der Waals surface area contributed by atoms with Gasteiger partial charge >= 0.3 is 0 Å². The molecular weight excluding hydrogens is 282 g/mol. The van der Waals surface area contributed by atoms with Crippen molar-refractivity contribution in [3.8, 4) is 0 Å². The highest BCUT2D eigenvalue weighted by atomic mass is 35.5. The molecule has 4 nitrogen and oxygen atoms in total. The summed E-state index contributed by atoms with van der Waals surface area (Å²) in [5, 5.41) is 6.57. The maximum Gasteiger partial charge on any atom is 0.253 e. The first kappa shape index (κ1) is 14.5. The lowest BCUT2D eigenvalue weighted by Gasteiger charge is -2.22. The van der Waals surface area contributed by atoms with Gasteiger partial charge in [-0.15, -0.1) is 0 Å². The molecule has 0 radical (unpaired) electrons. The summed E-state index contributed by atoms with van der Waals surface area (Å²) in [7, 11) is 0. The topological polar surface area (TPSA) is 54.0 Å². The Morgan fingerprint density at radius 1 is 1.53 bits per heavy atom. The molecule has 1 aliphatic rings. The van der Waals surface area contributed by atoms with Crippen molar-refractivity contribution in [1.29, 1.82) is 0 Å². The third kappa shape index (κ3) is 4.01. The second kappa shape index (κ2) is 7.01. The van der Waals surface area contributed by atoms with Crippen LogP contribution < -0.4 is 10.6 Å². The Labute approximate surface area is 122 Å². The molecule has 0 unspecified atom stereocenters. The highest BCUT2D eigenvalue weighted by Crippen LogP contribution is 2.21. The Morgan fingerprint density at radius 2 is 2.26 bits per heavy atom. The molecule has 0 aliphatic carbocycles. The summed E-state index contributed by atoms with van der Waals surface area (Å²) < 4.78 is 0. The van der Waals surface area contributed by atoms with E-state index in [1.165, 1.54) is 0 Å². The molecule has 0 atom stereocenters. The highest BCUT2D eigenvalue weighted by molar-refractivity contribution is 7.99. The maximum absolute atomic E-state index is 12.1. The quantitative estimate of drug-likeness (QED) is 0.897. The Kier molecular flexibility index (Phi) is 5.34. The lowest BCUT2D eigenvalue weighted by molar-refractivity contribution is 0.0934. The van der Waals surface area contributed by atoms with Gasteiger partial charge in [0.05, 0.1) is 10.6 Å². The van der Waals surface area contributed by atoms with Gasteiger partial charge in [0.2, 0.25) is 0 Å². The molecule has 2 N–H and O–H groups in total. The van der Waals surface area contributed by atoms with Crippen LogP contribution in [0.15, 0.2) is 12.3 Å². The van der Waals surface area contributed by atoms with Gasteiger partial charge in [0.25, 0.3) is 5.91 Å². The summed E-state index contributed by atoms with van der Waals surface area (Å²) in [5.41, 5.74) is 0.518. The fraction of sp³-hybridized carbons (Fsp3) is 0.538. The zero-order valence-electron chi connectivity index (χ0n) is 10.9. The van der Waals surface area contributed by atoms with Crippen LogP contribution in [-0.2, 0) is 0 Å². The molecule has 0 aromatic carbocycles. The standard InChI is InChI=1S/C13H18ClN3OS/c1-2-15-12-11(14)7-9(8-16-12)13(18)17-10-3-5-19-6-4-10/h7-8,10H,2-6H2,1H3,(H,15,16)(H,17,18). The predicted octanol–water partition coefficient (Wildman–Crippen LogP) is 2.79. The first-order valence-electron chi connectivity index (χ1n) is 6.48. The highest BCUT2D eigenvalue weighted by Gasteiger charge is 2.17. The summed E-state index contributed by atoms with van der Waals surface area (Å²) >= 11 is 8.03. The number of carbonyl (C=O) groups is 1. The minimum absolute atomic E-state index is 0.0886. The fourth-order valence-corrected chi connectivity index (χ4v) is 3.31. The van der Waals surface area contributed by atoms with Crippen LogP contribution in [0.5, 0.6) is 0 Å². The molecule has 2 rings (SSSR count). The van der Waals surface area contributed by atoms with Crippen LogP contribution in [0.3, 0.4) is 0 Å². The number of hydrogen-bond acceptors (Lipinski definition) is 4. The number of pyridine rings is 1. The van der Waals surface area contributed by atoms with Crippen LogP contribution in [0.2, 0.25) is 5.02 Å². The summed E-state index contributed by atoms with van der Waals surface area (Å²) in [5.74, 6) is 2.76. The van der Waals surface area contributed by atoms with Crippen LogP contribution in [0, 0.1) is 0 Å². The smallest absolute Gasteiger partial charge is 0.253 e. The van der Waals surface area contributed by atoms with Crippen LogP contribution in [-0.4, -0.2) is 35.0 Å². The lowest BCUT2D eigenvalue weighted by atomic mass is 10.1. The number of nitrogens with one attached hydrogen (secondary N) is 2. The number of carbonyl (C=O) groups excluding carboxylic acids is 1. The molecule has 0 spiro atoms. The van der Waals surface area contributed by atoms with Crippen molar-refractivity contribution in [3.05, 3.63) is 22.8 Å². The molecule has 2 heterocycles. The van der Waals surface area contributed by atoms with Gasteiger partial charge in [0.15, 0.2) is 0 Å². The number of nitrogens with zero attached hydrogens (tertiary/aromatic N) is 1. The van der Waals surface area contributed by atoms with E-state index >= 15 is 0 Å². The van der Waals surface area contributed by atoms with E-state index in [-0.39, 0.29) is 11.9 Å². The van der Waals surface area contributed by atoms with Crippen LogP contribution in [0.1, 0.15) is 30.1 Å². The Hall–Kier alpha value is -0.940. The molecule has 1 aromatic rings. The molecule has 1 amide bonds. The second-order valence-corrected chi connectivity index (χ2v) is 6.08. The van der Waals surface area contributed by atoms with Crippen molar-refractivity contribution >= 4 is 35.1 Å². The normalized spacial score (nSPS) is 16.1. The number of hydrogen-bond donors (Lipinski definition) is 2. The van der Waals surface area contributed by atoms with Gasteiger partial charge in [-0.25, -0.2) is 4.98 Å². The van der Waals surface area contributed by atoms with Gasteiger partial charge in [0.1, 0.15) is 5.82 Å². The molecule has 0 saturated carbocycles. The number of amides is 1. The number of anilines is 1. The van der Waals surface area contributed by atoms with Crippen molar-refractivity contribution in [2.75, 3.05) is 23.4 Å². The molecule has 6 heteroatoms.